The first kappa shape index (κ1) is 22.8. The van der Waals surface area contributed by atoms with E-state index in [4.69, 9.17) is 14.8 Å². The Kier molecular flexibility index (Phi) is 6.62. The van der Waals surface area contributed by atoms with E-state index in [2.05, 4.69) is 14.7 Å². The Morgan fingerprint density at radius 2 is 2.00 bits per heavy atom. The Labute approximate surface area is 188 Å². The highest BCUT2D eigenvalue weighted by molar-refractivity contribution is 7.47. The van der Waals surface area contributed by atoms with E-state index in [0.29, 0.717) is 23.4 Å². The first-order chi connectivity index (χ1) is 15.8. The summed E-state index contributed by atoms with van der Waals surface area (Å²) in [5.41, 5.74) is 9.89. The van der Waals surface area contributed by atoms with Crippen molar-refractivity contribution in [2.24, 2.45) is 0 Å². The normalized spacial score (nSPS) is 13.1. The molecule has 1 atom stereocenters. The van der Waals surface area contributed by atoms with Crippen LogP contribution in [-0.4, -0.2) is 22.1 Å². The number of halogens is 1. The molecule has 0 radical (unpaired) electrons. The summed E-state index contributed by atoms with van der Waals surface area (Å²) in [6.45, 7) is -0.283. The molecule has 4 rings (SSSR count). The number of hydrogen-bond donors (Lipinski definition) is 2. The van der Waals surface area contributed by atoms with Gasteiger partial charge in [-0.15, -0.1) is 0 Å². The molecule has 0 amide bonds. The maximum atomic E-state index is 13.1. The molecule has 0 spiro atoms. The molecule has 9 nitrogen and oxygen atoms in total. The molecule has 0 saturated heterocycles. The van der Waals surface area contributed by atoms with Crippen LogP contribution in [0.3, 0.4) is 0 Å². The Morgan fingerprint density at radius 1 is 1.21 bits per heavy atom. The topological polar surface area (TPSA) is 125 Å². The minimum absolute atomic E-state index is 0.265. The van der Waals surface area contributed by atoms with E-state index < -0.39 is 7.82 Å². The lowest BCUT2D eigenvalue weighted by Crippen LogP contribution is -2.38. The van der Waals surface area contributed by atoms with Crippen molar-refractivity contribution in [3.8, 4) is 22.6 Å². The summed E-state index contributed by atoms with van der Waals surface area (Å²) in [6.07, 6.45) is 3.82. The van der Waals surface area contributed by atoms with Crippen LogP contribution < -0.4 is 10.3 Å². The van der Waals surface area contributed by atoms with Crippen molar-refractivity contribution in [2.45, 2.75) is 13.2 Å². The molecule has 0 aliphatic heterocycles. The van der Waals surface area contributed by atoms with Gasteiger partial charge in [0.05, 0.1) is 17.6 Å². The Balaban J connectivity index is 1.47. The van der Waals surface area contributed by atoms with Gasteiger partial charge in [-0.3, -0.25) is 15.2 Å². The van der Waals surface area contributed by atoms with Crippen LogP contribution in [0.25, 0.3) is 22.6 Å². The lowest BCUT2D eigenvalue weighted by molar-refractivity contribution is -0.711. The van der Waals surface area contributed by atoms with Crippen LogP contribution in [0.4, 0.5) is 10.2 Å². The van der Waals surface area contributed by atoms with E-state index in [1.54, 1.807) is 42.7 Å². The maximum Gasteiger partial charge on any atom is 0.475 e. The summed E-state index contributed by atoms with van der Waals surface area (Å²) < 4.78 is 40.8. The van der Waals surface area contributed by atoms with Crippen LogP contribution in [0, 0.1) is 5.82 Å². The molecule has 0 aliphatic carbocycles. The highest BCUT2D eigenvalue weighted by Gasteiger charge is 2.22. The van der Waals surface area contributed by atoms with Crippen molar-refractivity contribution >= 4 is 13.6 Å². The van der Waals surface area contributed by atoms with Crippen LogP contribution >= 0.6 is 7.82 Å². The standard InChI is InChI=1S/C22H20FN4O5P/c1-30-33(28,29)31-14-27-10-2-3-19(22(27)24)21-12-18(26-32-21)11-15-4-9-20(25-13-15)16-5-7-17(23)8-6-16/h2-10,12-13,24H,11,14H2,1H3,(H,28,29)/p+1. The molecule has 1 unspecified atom stereocenters. The SMILES string of the molecule is COP(=O)(O)OC[n+]1cccc(-c2cc(Cc3ccc(-c4ccc(F)cc4)nc3)no2)c1N. The molecule has 33 heavy (non-hydrogen) atoms. The Morgan fingerprint density at radius 3 is 2.70 bits per heavy atom. The second-order valence-corrected chi connectivity index (χ2v) is 8.66. The number of nitrogens with two attached hydrogens (primary N) is 1. The van der Waals surface area contributed by atoms with E-state index in [-0.39, 0.29) is 18.4 Å². The number of anilines is 1. The number of rotatable bonds is 8. The summed E-state index contributed by atoms with van der Waals surface area (Å²) >= 11 is 0. The quantitative estimate of drug-likeness (QED) is 0.294. The fraction of sp³-hybridized carbons (Fsp3) is 0.136. The van der Waals surface area contributed by atoms with Gasteiger partial charge in [-0.05, 0) is 48.0 Å². The average Bonchev–Trinajstić information content (AvgIpc) is 3.28. The molecule has 3 aromatic heterocycles. The molecular formula is C22H21FN4O5P+. The van der Waals surface area contributed by atoms with E-state index in [1.165, 1.54) is 16.7 Å². The highest BCUT2D eigenvalue weighted by atomic mass is 31.2. The fourth-order valence-corrected chi connectivity index (χ4v) is 3.50. The van der Waals surface area contributed by atoms with Gasteiger partial charge in [0.2, 0.25) is 6.73 Å². The number of phosphoric ester groups is 1. The summed E-state index contributed by atoms with van der Waals surface area (Å²) in [5.74, 6) is 0.408. The minimum Gasteiger partial charge on any atom is -0.356 e. The number of aromatic nitrogens is 3. The zero-order chi connectivity index (χ0) is 23.4. The smallest absolute Gasteiger partial charge is 0.356 e. The third-order valence-electron chi connectivity index (χ3n) is 4.88. The van der Waals surface area contributed by atoms with Crippen LogP contribution in [0.2, 0.25) is 0 Å². The molecule has 0 saturated carbocycles. The van der Waals surface area contributed by atoms with Crippen molar-refractivity contribution in [3.63, 3.8) is 0 Å². The monoisotopic (exact) mass is 471 g/mol. The summed E-state index contributed by atoms with van der Waals surface area (Å²) in [4.78, 5) is 13.8. The minimum atomic E-state index is -4.14. The largest absolute Gasteiger partial charge is 0.475 e. The van der Waals surface area contributed by atoms with Gasteiger partial charge in [0.15, 0.2) is 5.76 Å². The summed E-state index contributed by atoms with van der Waals surface area (Å²) in [6, 6.07) is 15.1. The summed E-state index contributed by atoms with van der Waals surface area (Å²) in [7, 11) is -3.06. The number of benzene rings is 1. The number of hydrogen-bond acceptors (Lipinski definition) is 7. The van der Waals surface area contributed by atoms with E-state index in [9.17, 15) is 13.8 Å². The van der Waals surface area contributed by atoms with Crippen molar-refractivity contribution < 1.29 is 32.0 Å². The first-order valence-electron chi connectivity index (χ1n) is 9.82. The van der Waals surface area contributed by atoms with Gasteiger partial charge in [0.25, 0.3) is 5.82 Å². The van der Waals surface area contributed by atoms with Gasteiger partial charge in [0, 0.05) is 31.4 Å². The number of nitrogen functional groups attached to an aromatic ring is 1. The zero-order valence-electron chi connectivity index (χ0n) is 17.6. The van der Waals surface area contributed by atoms with Crippen molar-refractivity contribution in [1.82, 2.24) is 10.1 Å². The zero-order valence-corrected chi connectivity index (χ0v) is 18.5. The maximum absolute atomic E-state index is 13.1. The van der Waals surface area contributed by atoms with Crippen molar-refractivity contribution in [3.05, 3.63) is 84.1 Å². The third kappa shape index (κ3) is 5.50. The van der Waals surface area contributed by atoms with Crippen LogP contribution in [0.1, 0.15) is 11.3 Å². The molecule has 1 aromatic carbocycles. The molecule has 3 N–H and O–H groups in total. The molecule has 3 heterocycles. The second-order valence-electron chi connectivity index (χ2n) is 7.10. The van der Waals surface area contributed by atoms with Crippen LogP contribution in [0.15, 0.2) is 71.5 Å². The molecule has 0 fully saturated rings. The molecular weight excluding hydrogens is 450 g/mol. The van der Waals surface area contributed by atoms with E-state index in [0.717, 1.165) is 23.9 Å². The molecule has 4 aromatic rings. The predicted molar refractivity (Wildman–Crippen MR) is 117 cm³/mol. The van der Waals surface area contributed by atoms with Crippen LogP contribution in [0.5, 0.6) is 0 Å². The molecule has 0 bridgehead atoms. The van der Waals surface area contributed by atoms with Gasteiger partial charge in [-0.25, -0.2) is 18.0 Å². The van der Waals surface area contributed by atoms with E-state index in [1.807, 2.05) is 12.1 Å². The van der Waals surface area contributed by atoms with Gasteiger partial charge in [0.1, 0.15) is 11.4 Å². The molecule has 0 aliphatic rings. The number of phosphoric acid groups is 1. The number of pyridine rings is 2. The third-order valence-corrected chi connectivity index (χ3v) is 5.78. The fourth-order valence-electron chi connectivity index (χ4n) is 3.12. The van der Waals surface area contributed by atoms with Gasteiger partial charge in [-0.1, -0.05) is 11.2 Å². The van der Waals surface area contributed by atoms with Crippen LogP contribution in [-0.2, 0) is 26.8 Å². The van der Waals surface area contributed by atoms with Gasteiger partial charge < -0.3 is 9.42 Å². The number of nitrogens with zero attached hydrogens (tertiary/aromatic N) is 3. The second kappa shape index (κ2) is 9.60. The Bertz CT molecular complexity index is 1300. The van der Waals surface area contributed by atoms with Crippen molar-refractivity contribution in [1.29, 1.82) is 0 Å². The highest BCUT2D eigenvalue weighted by Crippen LogP contribution is 2.41. The summed E-state index contributed by atoms with van der Waals surface area (Å²) in [5, 5.41) is 4.10. The lowest BCUT2D eigenvalue weighted by atomic mass is 10.1. The van der Waals surface area contributed by atoms with Crippen molar-refractivity contribution in [2.75, 3.05) is 12.8 Å². The Hall–Kier alpha value is -3.43. The average molecular weight is 471 g/mol. The molecule has 170 valence electrons. The predicted octanol–water partition coefficient (Wildman–Crippen LogP) is 3.72. The van der Waals surface area contributed by atoms with Gasteiger partial charge in [-0.2, -0.15) is 0 Å². The first-order valence-corrected chi connectivity index (χ1v) is 11.3. The van der Waals surface area contributed by atoms with Gasteiger partial charge >= 0.3 is 7.82 Å². The lowest BCUT2D eigenvalue weighted by Gasteiger charge is -2.09. The van der Waals surface area contributed by atoms with E-state index >= 15 is 0 Å². The molecule has 11 heteroatoms.